The predicted molar refractivity (Wildman–Crippen MR) is 97.0 cm³/mol. The summed E-state index contributed by atoms with van der Waals surface area (Å²) in [7, 11) is 0. The number of aromatic nitrogens is 2. The largest absolute Gasteiger partial charge is 0.378 e. The summed E-state index contributed by atoms with van der Waals surface area (Å²) in [6, 6.07) is 0. The maximum atomic E-state index is 12.5. The molecule has 0 aromatic carbocycles. The number of ether oxygens (including phenoxy) is 1. The maximum absolute atomic E-state index is 12.5. The van der Waals surface area contributed by atoms with E-state index < -0.39 is 0 Å². The molecule has 130 valence electrons. The van der Waals surface area contributed by atoms with Crippen LogP contribution in [0.4, 0.5) is 5.82 Å². The molecule has 3 heterocycles. The van der Waals surface area contributed by atoms with Gasteiger partial charge in [-0.15, -0.1) is 11.3 Å². The molecule has 2 aromatic heterocycles. The smallest absolute Gasteiger partial charge is 0.261 e. The van der Waals surface area contributed by atoms with Gasteiger partial charge in [0.1, 0.15) is 17.0 Å². The van der Waals surface area contributed by atoms with Crippen molar-refractivity contribution in [2.75, 3.05) is 37.7 Å². The second kappa shape index (κ2) is 7.44. The second-order valence-corrected chi connectivity index (χ2v) is 7.47. The van der Waals surface area contributed by atoms with Crippen molar-refractivity contribution < 1.29 is 9.53 Å². The standard InChI is InChI=1S/C17H24N4O2S/c1-11(2)4-5-18-16(22)14-12(3)13-15(19-10-20-17(13)24-14)21-6-8-23-9-7-21/h10-11H,4-9H2,1-3H3,(H,18,22). The Kier molecular flexibility index (Phi) is 5.30. The Labute approximate surface area is 146 Å². The number of fused-ring (bicyclic) bond motifs is 1. The summed E-state index contributed by atoms with van der Waals surface area (Å²) in [6.45, 7) is 10.0. The van der Waals surface area contributed by atoms with Crippen molar-refractivity contribution in [2.45, 2.75) is 27.2 Å². The van der Waals surface area contributed by atoms with Crippen LogP contribution >= 0.6 is 11.3 Å². The van der Waals surface area contributed by atoms with Crippen LogP contribution in [0.1, 0.15) is 35.5 Å². The Morgan fingerprint density at radius 3 is 2.83 bits per heavy atom. The van der Waals surface area contributed by atoms with Gasteiger partial charge in [-0.1, -0.05) is 13.8 Å². The van der Waals surface area contributed by atoms with Crippen molar-refractivity contribution in [3.8, 4) is 0 Å². The van der Waals surface area contributed by atoms with Crippen LogP contribution in [0.25, 0.3) is 10.2 Å². The molecular formula is C17H24N4O2S. The van der Waals surface area contributed by atoms with Gasteiger partial charge in [0, 0.05) is 19.6 Å². The number of carbonyl (C=O) groups is 1. The number of morpholine rings is 1. The van der Waals surface area contributed by atoms with Gasteiger partial charge in [-0.05, 0) is 24.8 Å². The van der Waals surface area contributed by atoms with Gasteiger partial charge in [-0.25, -0.2) is 9.97 Å². The van der Waals surface area contributed by atoms with E-state index in [1.165, 1.54) is 11.3 Å². The van der Waals surface area contributed by atoms with E-state index >= 15 is 0 Å². The highest BCUT2D eigenvalue weighted by molar-refractivity contribution is 7.20. The minimum absolute atomic E-state index is 0.0101. The third-order valence-corrected chi connectivity index (χ3v) is 5.43. The van der Waals surface area contributed by atoms with E-state index in [1.54, 1.807) is 6.33 Å². The molecule has 0 aliphatic carbocycles. The minimum atomic E-state index is -0.0101. The minimum Gasteiger partial charge on any atom is -0.378 e. The van der Waals surface area contributed by atoms with Crippen LogP contribution in [0, 0.1) is 12.8 Å². The molecule has 2 aromatic rings. The fraction of sp³-hybridized carbons (Fsp3) is 0.588. The summed E-state index contributed by atoms with van der Waals surface area (Å²) >= 11 is 1.45. The number of nitrogens with zero attached hydrogens (tertiary/aromatic N) is 3. The maximum Gasteiger partial charge on any atom is 0.261 e. The van der Waals surface area contributed by atoms with E-state index in [2.05, 4.69) is 34.0 Å². The van der Waals surface area contributed by atoms with E-state index in [0.717, 1.165) is 46.0 Å². The summed E-state index contributed by atoms with van der Waals surface area (Å²) in [4.78, 5) is 25.2. The molecule has 1 amide bonds. The zero-order chi connectivity index (χ0) is 17.1. The number of hydrogen-bond acceptors (Lipinski definition) is 6. The Bertz CT molecular complexity index is 723. The zero-order valence-corrected chi connectivity index (χ0v) is 15.3. The molecule has 3 rings (SSSR count). The first-order chi connectivity index (χ1) is 11.6. The van der Waals surface area contributed by atoms with Crippen LogP contribution in [0.15, 0.2) is 6.33 Å². The van der Waals surface area contributed by atoms with Crippen molar-refractivity contribution in [2.24, 2.45) is 5.92 Å². The molecule has 0 atom stereocenters. The number of thiophene rings is 1. The molecule has 0 saturated carbocycles. The number of aryl methyl sites for hydroxylation is 1. The monoisotopic (exact) mass is 348 g/mol. The van der Waals surface area contributed by atoms with Crippen LogP contribution in [-0.4, -0.2) is 48.7 Å². The lowest BCUT2D eigenvalue weighted by molar-refractivity contribution is 0.0955. The molecule has 1 saturated heterocycles. The SMILES string of the molecule is Cc1c(C(=O)NCCC(C)C)sc2ncnc(N3CCOCC3)c12. The lowest BCUT2D eigenvalue weighted by Crippen LogP contribution is -2.36. The summed E-state index contributed by atoms with van der Waals surface area (Å²) < 4.78 is 5.42. The first-order valence-electron chi connectivity index (χ1n) is 8.43. The number of carbonyl (C=O) groups excluding carboxylic acids is 1. The molecule has 1 fully saturated rings. The molecule has 0 spiro atoms. The van der Waals surface area contributed by atoms with Crippen LogP contribution in [-0.2, 0) is 4.74 Å². The summed E-state index contributed by atoms with van der Waals surface area (Å²) in [5.41, 5.74) is 0.971. The van der Waals surface area contributed by atoms with E-state index in [9.17, 15) is 4.79 Å². The zero-order valence-electron chi connectivity index (χ0n) is 14.5. The average molecular weight is 348 g/mol. The lowest BCUT2D eigenvalue weighted by Gasteiger charge is -2.28. The van der Waals surface area contributed by atoms with Crippen LogP contribution in [0.2, 0.25) is 0 Å². The van der Waals surface area contributed by atoms with Crippen molar-refractivity contribution >= 4 is 33.3 Å². The molecule has 24 heavy (non-hydrogen) atoms. The number of anilines is 1. The number of hydrogen-bond donors (Lipinski definition) is 1. The quantitative estimate of drug-likeness (QED) is 0.900. The van der Waals surface area contributed by atoms with Gasteiger partial charge in [-0.2, -0.15) is 0 Å². The number of rotatable bonds is 5. The van der Waals surface area contributed by atoms with Gasteiger partial charge in [-0.3, -0.25) is 4.79 Å². The van der Waals surface area contributed by atoms with E-state index in [4.69, 9.17) is 4.74 Å². The molecule has 0 radical (unpaired) electrons. The Hall–Kier alpha value is -1.73. The highest BCUT2D eigenvalue weighted by Gasteiger charge is 2.22. The van der Waals surface area contributed by atoms with Crippen LogP contribution < -0.4 is 10.2 Å². The van der Waals surface area contributed by atoms with Gasteiger partial charge >= 0.3 is 0 Å². The molecular weight excluding hydrogens is 324 g/mol. The van der Waals surface area contributed by atoms with Crippen molar-refractivity contribution in [3.63, 3.8) is 0 Å². The molecule has 1 N–H and O–H groups in total. The van der Waals surface area contributed by atoms with E-state index in [0.29, 0.717) is 25.7 Å². The van der Waals surface area contributed by atoms with Crippen molar-refractivity contribution in [3.05, 3.63) is 16.8 Å². The third-order valence-electron chi connectivity index (χ3n) is 4.23. The van der Waals surface area contributed by atoms with E-state index in [-0.39, 0.29) is 5.91 Å². The van der Waals surface area contributed by atoms with Crippen molar-refractivity contribution in [1.82, 2.24) is 15.3 Å². The van der Waals surface area contributed by atoms with Gasteiger partial charge in [0.05, 0.1) is 23.5 Å². The first kappa shape index (κ1) is 17.1. The van der Waals surface area contributed by atoms with Gasteiger partial charge in [0.25, 0.3) is 5.91 Å². The highest BCUT2D eigenvalue weighted by Crippen LogP contribution is 2.35. The molecule has 6 nitrogen and oxygen atoms in total. The lowest BCUT2D eigenvalue weighted by atomic mass is 10.1. The number of nitrogens with one attached hydrogen (secondary N) is 1. The Balaban J connectivity index is 1.88. The Morgan fingerprint density at radius 1 is 1.38 bits per heavy atom. The van der Waals surface area contributed by atoms with Gasteiger partial charge in [0.15, 0.2) is 0 Å². The molecule has 1 aliphatic rings. The summed E-state index contributed by atoms with van der Waals surface area (Å²) in [6.07, 6.45) is 2.57. The van der Waals surface area contributed by atoms with Crippen molar-refractivity contribution in [1.29, 1.82) is 0 Å². The first-order valence-corrected chi connectivity index (χ1v) is 9.24. The fourth-order valence-electron chi connectivity index (χ4n) is 2.84. The molecule has 0 bridgehead atoms. The normalized spacial score (nSPS) is 15.2. The summed E-state index contributed by atoms with van der Waals surface area (Å²) in [5, 5.41) is 4.02. The van der Waals surface area contributed by atoms with E-state index in [1.807, 2.05) is 6.92 Å². The van der Waals surface area contributed by atoms with Crippen LogP contribution in [0.5, 0.6) is 0 Å². The average Bonchev–Trinajstić information content (AvgIpc) is 2.92. The Morgan fingerprint density at radius 2 is 2.12 bits per heavy atom. The molecule has 7 heteroatoms. The topological polar surface area (TPSA) is 67.4 Å². The van der Waals surface area contributed by atoms with Gasteiger partial charge in [0.2, 0.25) is 0 Å². The highest BCUT2D eigenvalue weighted by atomic mass is 32.1. The second-order valence-electron chi connectivity index (χ2n) is 6.47. The fourth-order valence-corrected chi connectivity index (χ4v) is 3.90. The third kappa shape index (κ3) is 3.52. The number of amides is 1. The van der Waals surface area contributed by atoms with Crippen LogP contribution in [0.3, 0.4) is 0 Å². The molecule has 1 aliphatic heterocycles. The molecule has 0 unspecified atom stereocenters. The predicted octanol–water partition coefficient (Wildman–Crippen LogP) is 2.61. The summed E-state index contributed by atoms with van der Waals surface area (Å²) in [5.74, 6) is 1.48. The van der Waals surface area contributed by atoms with Gasteiger partial charge < -0.3 is 15.0 Å².